The van der Waals surface area contributed by atoms with Crippen molar-refractivity contribution in [3.05, 3.63) is 0 Å². The SMILES string of the molecule is CC(=O)O[C@H]1CC[C@]2(C)[C@@H](CC(=O)[C@@]34O[C@@]35CC[C@H]([C@H](C)CCCC(C)C)[C@]5(C)CC[C@H]24)C1. The van der Waals surface area contributed by atoms with Crippen molar-refractivity contribution < 1.29 is 19.1 Å². The lowest BCUT2D eigenvalue weighted by atomic mass is 9.44. The quantitative estimate of drug-likeness (QED) is 0.337. The van der Waals surface area contributed by atoms with Gasteiger partial charge in [0.05, 0.1) is 0 Å². The summed E-state index contributed by atoms with van der Waals surface area (Å²) in [5.74, 6) is 2.97. The van der Waals surface area contributed by atoms with Crippen LogP contribution in [0.5, 0.6) is 0 Å². The zero-order valence-corrected chi connectivity index (χ0v) is 21.9. The predicted molar refractivity (Wildman–Crippen MR) is 129 cm³/mol. The van der Waals surface area contributed by atoms with E-state index < -0.39 is 5.60 Å². The van der Waals surface area contributed by atoms with Gasteiger partial charge in [-0.1, -0.05) is 53.9 Å². The van der Waals surface area contributed by atoms with Crippen LogP contribution in [0.15, 0.2) is 0 Å². The van der Waals surface area contributed by atoms with Crippen molar-refractivity contribution in [2.75, 3.05) is 0 Å². The molecule has 2 spiro atoms. The Hall–Kier alpha value is -0.900. The van der Waals surface area contributed by atoms with Crippen molar-refractivity contribution in [1.82, 2.24) is 0 Å². The highest BCUT2D eigenvalue weighted by Crippen LogP contribution is 2.80. The molecule has 5 aliphatic rings. The van der Waals surface area contributed by atoms with E-state index in [0.29, 0.717) is 35.9 Å². The molecule has 0 radical (unpaired) electrons. The first kappa shape index (κ1) is 23.8. The zero-order valence-electron chi connectivity index (χ0n) is 21.9. The topological polar surface area (TPSA) is 55.9 Å². The fourth-order valence-electron chi connectivity index (χ4n) is 9.78. The van der Waals surface area contributed by atoms with Crippen molar-refractivity contribution in [2.24, 2.45) is 40.4 Å². The Balaban J connectivity index is 1.37. The van der Waals surface area contributed by atoms with Crippen molar-refractivity contribution in [2.45, 2.75) is 129 Å². The van der Waals surface area contributed by atoms with Crippen LogP contribution in [0.4, 0.5) is 0 Å². The van der Waals surface area contributed by atoms with Gasteiger partial charge in [0.25, 0.3) is 0 Å². The Labute approximate surface area is 200 Å². The van der Waals surface area contributed by atoms with E-state index in [2.05, 4.69) is 34.6 Å². The van der Waals surface area contributed by atoms with Gasteiger partial charge in [-0.05, 0) is 74.0 Å². The predicted octanol–water partition coefficient (Wildman–Crippen LogP) is 6.49. The molecule has 33 heavy (non-hydrogen) atoms. The zero-order chi connectivity index (χ0) is 23.8. The van der Waals surface area contributed by atoms with Gasteiger partial charge in [-0.25, -0.2) is 0 Å². The van der Waals surface area contributed by atoms with Gasteiger partial charge in [-0.2, -0.15) is 0 Å². The molecule has 4 saturated carbocycles. The van der Waals surface area contributed by atoms with Gasteiger partial charge in [0.1, 0.15) is 11.7 Å². The molecule has 4 aliphatic carbocycles. The Morgan fingerprint density at radius 2 is 1.85 bits per heavy atom. The number of carbonyl (C=O) groups excluding carboxylic acids is 2. The fraction of sp³-hybridized carbons (Fsp3) is 0.931. The Kier molecular flexibility index (Phi) is 5.63. The lowest BCUT2D eigenvalue weighted by molar-refractivity contribution is -0.160. The van der Waals surface area contributed by atoms with Gasteiger partial charge in [-0.15, -0.1) is 0 Å². The molecule has 5 fully saturated rings. The first-order chi connectivity index (χ1) is 15.5. The standard InChI is InChI=1S/C29H46O4/c1-18(2)8-7-9-19(3)23-11-15-28-27(23,6)14-12-24-26(5)13-10-22(32-20(4)30)16-21(26)17-25(31)29(24,28)33-28/h18-19,21-24H,7-17H2,1-6H3/t19-,21-,22+,23-,24-,26-,27+,28-,29-/m1/s1. The second-order valence-electron chi connectivity index (χ2n) is 13.5. The molecule has 0 unspecified atom stereocenters. The van der Waals surface area contributed by atoms with Crippen LogP contribution < -0.4 is 0 Å². The Morgan fingerprint density at radius 1 is 1.09 bits per heavy atom. The molecule has 1 heterocycles. The second-order valence-corrected chi connectivity index (χ2v) is 13.5. The third-order valence-electron chi connectivity index (χ3n) is 11.5. The normalized spacial score (nSPS) is 49.0. The number of Topliss-reactive ketones (excluding diaryl/α,β-unsaturated/α-hetero) is 1. The van der Waals surface area contributed by atoms with E-state index >= 15 is 0 Å². The van der Waals surface area contributed by atoms with Gasteiger partial charge >= 0.3 is 5.97 Å². The number of ketones is 1. The molecule has 4 nitrogen and oxygen atoms in total. The van der Waals surface area contributed by atoms with Crippen molar-refractivity contribution in [3.8, 4) is 0 Å². The third-order valence-corrected chi connectivity index (χ3v) is 11.5. The highest BCUT2D eigenvalue weighted by molar-refractivity contribution is 5.94. The van der Waals surface area contributed by atoms with E-state index in [1.54, 1.807) is 0 Å². The monoisotopic (exact) mass is 458 g/mol. The van der Waals surface area contributed by atoms with Gasteiger partial charge in [0, 0.05) is 24.7 Å². The summed E-state index contributed by atoms with van der Waals surface area (Å²) in [6.45, 7) is 13.5. The summed E-state index contributed by atoms with van der Waals surface area (Å²) < 4.78 is 12.5. The molecule has 186 valence electrons. The van der Waals surface area contributed by atoms with Crippen LogP contribution in [0.3, 0.4) is 0 Å². The largest absolute Gasteiger partial charge is 0.463 e. The number of hydrogen-bond acceptors (Lipinski definition) is 4. The average Bonchev–Trinajstić information content (AvgIpc) is 3.32. The highest BCUT2D eigenvalue weighted by Gasteiger charge is 2.89. The van der Waals surface area contributed by atoms with Crippen LogP contribution in [0.25, 0.3) is 0 Å². The van der Waals surface area contributed by atoms with Gasteiger partial charge < -0.3 is 9.47 Å². The molecule has 0 amide bonds. The molecule has 0 N–H and O–H groups in total. The molecule has 9 atom stereocenters. The van der Waals surface area contributed by atoms with Crippen molar-refractivity contribution in [3.63, 3.8) is 0 Å². The maximum absolute atomic E-state index is 13.9. The van der Waals surface area contributed by atoms with Gasteiger partial charge in [-0.3, -0.25) is 9.59 Å². The number of hydrogen-bond donors (Lipinski definition) is 0. The molecular weight excluding hydrogens is 412 g/mol. The molecule has 1 aliphatic heterocycles. The summed E-state index contributed by atoms with van der Waals surface area (Å²) in [6, 6.07) is 0. The summed E-state index contributed by atoms with van der Waals surface area (Å²) in [5, 5.41) is 0. The van der Waals surface area contributed by atoms with Gasteiger partial charge in [0.2, 0.25) is 0 Å². The minimum absolute atomic E-state index is 0.0205. The minimum atomic E-state index is -0.522. The number of epoxide rings is 1. The maximum atomic E-state index is 13.9. The average molecular weight is 459 g/mol. The summed E-state index contributed by atoms with van der Waals surface area (Å²) in [4.78, 5) is 25.4. The number of rotatable bonds is 6. The van der Waals surface area contributed by atoms with Crippen LogP contribution in [0.1, 0.15) is 112 Å². The Bertz CT molecular complexity index is 820. The number of fused-ring (bicyclic) bond motifs is 2. The maximum Gasteiger partial charge on any atom is 0.302 e. The van der Waals surface area contributed by atoms with E-state index in [4.69, 9.17) is 9.47 Å². The van der Waals surface area contributed by atoms with Crippen LogP contribution in [0.2, 0.25) is 0 Å². The molecule has 0 aromatic rings. The summed E-state index contributed by atoms with van der Waals surface area (Å²) in [7, 11) is 0. The van der Waals surface area contributed by atoms with Crippen LogP contribution >= 0.6 is 0 Å². The van der Waals surface area contributed by atoms with E-state index in [1.165, 1.54) is 39.0 Å². The molecule has 0 aromatic carbocycles. The van der Waals surface area contributed by atoms with Crippen molar-refractivity contribution >= 4 is 11.8 Å². The summed E-state index contributed by atoms with van der Waals surface area (Å²) in [5.41, 5.74) is -0.478. The van der Waals surface area contributed by atoms with Crippen LogP contribution in [0, 0.1) is 40.4 Å². The first-order valence-electron chi connectivity index (χ1n) is 13.9. The van der Waals surface area contributed by atoms with E-state index in [1.807, 2.05) is 0 Å². The molecule has 5 rings (SSSR count). The van der Waals surface area contributed by atoms with Gasteiger partial charge in [0.15, 0.2) is 11.4 Å². The Morgan fingerprint density at radius 3 is 2.55 bits per heavy atom. The molecule has 1 saturated heterocycles. The van der Waals surface area contributed by atoms with Crippen LogP contribution in [-0.2, 0) is 19.1 Å². The lowest BCUT2D eigenvalue weighted by Gasteiger charge is -2.57. The van der Waals surface area contributed by atoms with E-state index in [9.17, 15) is 9.59 Å². The molecular formula is C29H46O4. The van der Waals surface area contributed by atoms with Crippen LogP contribution in [-0.4, -0.2) is 29.1 Å². The van der Waals surface area contributed by atoms with Crippen molar-refractivity contribution in [1.29, 1.82) is 0 Å². The molecule has 4 heteroatoms. The smallest absolute Gasteiger partial charge is 0.302 e. The summed E-state index contributed by atoms with van der Waals surface area (Å²) in [6.07, 6.45) is 11.9. The highest BCUT2D eigenvalue weighted by atomic mass is 16.6. The third kappa shape index (κ3) is 3.17. The molecule has 0 aromatic heterocycles. The van der Waals surface area contributed by atoms with E-state index in [0.717, 1.165) is 38.0 Å². The lowest BCUT2D eigenvalue weighted by Crippen LogP contribution is -2.62. The second kappa shape index (κ2) is 7.80. The minimum Gasteiger partial charge on any atom is -0.463 e. The fourth-order valence-corrected chi connectivity index (χ4v) is 9.78. The first-order valence-corrected chi connectivity index (χ1v) is 13.9. The van der Waals surface area contributed by atoms with E-state index in [-0.39, 0.29) is 28.5 Å². The number of esters is 1. The summed E-state index contributed by atoms with van der Waals surface area (Å²) >= 11 is 0. The molecule has 0 bridgehead atoms. The number of carbonyl (C=O) groups is 2. The number of ether oxygens (including phenoxy) is 2.